The van der Waals surface area contributed by atoms with Gasteiger partial charge in [-0.1, -0.05) is 6.07 Å². The second-order valence-electron chi connectivity index (χ2n) is 4.41. The van der Waals surface area contributed by atoms with E-state index < -0.39 is 12.1 Å². The quantitative estimate of drug-likeness (QED) is 0.846. The number of benzene rings is 1. The molecule has 1 atom stereocenters. The van der Waals surface area contributed by atoms with Gasteiger partial charge >= 0.3 is 5.97 Å². The number of fused-ring (bicyclic) bond motifs is 1. The molecule has 1 heterocycles. The summed E-state index contributed by atoms with van der Waals surface area (Å²) < 4.78 is 1.91. The molecule has 1 aromatic heterocycles. The number of hydrogen-bond acceptors (Lipinski definition) is 3. The second-order valence-corrected chi connectivity index (χ2v) is 4.41. The number of carboxylic acids is 1. The highest BCUT2D eigenvalue weighted by Gasteiger charge is 2.10. The van der Waals surface area contributed by atoms with Gasteiger partial charge in [-0.05, 0) is 30.5 Å². The summed E-state index contributed by atoms with van der Waals surface area (Å²) in [4.78, 5) is 14.6. The third-order valence-electron chi connectivity index (χ3n) is 3.00. The van der Waals surface area contributed by atoms with Crippen molar-refractivity contribution >= 4 is 17.0 Å². The lowest BCUT2D eigenvalue weighted by molar-refractivity contribution is -0.137. The van der Waals surface area contributed by atoms with Crippen LogP contribution in [0, 0.1) is 0 Å². The number of rotatable bonds is 5. The van der Waals surface area contributed by atoms with Gasteiger partial charge in [0.05, 0.1) is 23.5 Å². The van der Waals surface area contributed by atoms with Gasteiger partial charge in [-0.3, -0.25) is 4.79 Å². The molecule has 2 aromatic rings. The number of carbonyl (C=O) groups is 1. The molecule has 0 spiro atoms. The Bertz CT molecular complexity index is 562. The minimum atomic E-state index is -0.831. The van der Waals surface area contributed by atoms with Gasteiger partial charge in [-0.25, -0.2) is 4.98 Å². The fourth-order valence-corrected chi connectivity index (χ4v) is 1.97. The van der Waals surface area contributed by atoms with E-state index in [0.717, 1.165) is 16.6 Å². The number of hydrogen-bond donors (Lipinski definition) is 2. The predicted molar refractivity (Wildman–Crippen MR) is 67.2 cm³/mol. The van der Waals surface area contributed by atoms with Crippen molar-refractivity contribution in [3.05, 3.63) is 30.1 Å². The Labute approximate surface area is 105 Å². The second kappa shape index (κ2) is 5.18. The van der Waals surface area contributed by atoms with Crippen molar-refractivity contribution in [3.63, 3.8) is 0 Å². The molecule has 0 saturated heterocycles. The van der Waals surface area contributed by atoms with E-state index in [1.165, 1.54) is 0 Å². The van der Waals surface area contributed by atoms with Gasteiger partial charge in [0.2, 0.25) is 0 Å². The Morgan fingerprint density at radius 1 is 1.50 bits per heavy atom. The topological polar surface area (TPSA) is 75.3 Å². The van der Waals surface area contributed by atoms with Crippen molar-refractivity contribution < 1.29 is 15.0 Å². The summed E-state index contributed by atoms with van der Waals surface area (Å²) in [6, 6.07) is 5.62. The van der Waals surface area contributed by atoms with Gasteiger partial charge in [-0.15, -0.1) is 0 Å². The van der Waals surface area contributed by atoms with Crippen LogP contribution < -0.4 is 0 Å². The van der Waals surface area contributed by atoms with E-state index in [9.17, 15) is 9.90 Å². The summed E-state index contributed by atoms with van der Waals surface area (Å²) in [5, 5.41) is 18.5. The summed E-state index contributed by atoms with van der Waals surface area (Å²) in [7, 11) is 1.91. The van der Waals surface area contributed by atoms with E-state index in [0.29, 0.717) is 12.8 Å². The Morgan fingerprint density at radius 2 is 2.28 bits per heavy atom. The molecular formula is C13H16N2O3. The molecule has 0 fully saturated rings. The number of aliphatic carboxylic acids is 1. The molecule has 0 aliphatic heterocycles. The van der Waals surface area contributed by atoms with Crippen molar-refractivity contribution in [3.8, 4) is 0 Å². The van der Waals surface area contributed by atoms with Gasteiger partial charge in [0.25, 0.3) is 0 Å². The fourth-order valence-electron chi connectivity index (χ4n) is 1.97. The first kappa shape index (κ1) is 12.6. The summed E-state index contributed by atoms with van der Waals surface area (Å²) in [6.45, 7) is 0. The van der Waals surface area contributed by atoms with Gasteiger partial charge in [0.15, 0.2) is 0 Å². The fraction of sp³-hybridized carbons (Fsp3) is 0.385. The van der Waals surface area contributed by atoms with Crippen LogP contribution >= 0.6 is 0 Å². The van der Waals surface area contributed by atoms with Gasteiger partial charge in [0, 0.05) is 13.5 Å². The average Bonchev–Trinajstić information content (AvgIpc) is 2.70. The van der Waals surface area contributed by atoms with E-state index in [1.807, 2.05) is 29.8 Å². The van der Waals surface area contributed by atoms with Crippen LogP contribution in [-0.4, -0.2) is 25.7 Å². The zero-order valence-corrected chi connectivity index (χ0v) is 10.2. The molecule has 0 aliphatic carbocycles. The molecule has 2 rings (SSSR count). The monoisotopic (exact) mass is 248 g/mol. The van der Waals surface area contributed by atoms with Crippen LogP contribution in [-0.2, 0) is 11.8 Å². The molecule has 1 unspecified atom stereocenters. The van der Waals surface area contributed by atoms with E-state index in [-0.39, 0.29) is 6.42 Å². The molecule has 96 valence electrons. The lowest BCUT2D eigenvalue weighted by atomic mass is 10.0. The zero-order valence-electron chi connectivity index (χ0n) is 10.2. The first-order valence-corrected chi connectivity index (χ1v) is 5.89. The van der Waals surface area contributed by atoms with Crippen molar-refractivity contribution in [1.29, 1.82) is 0 Å². The molecule has 0 radical (unpaired) electrons. The molecule has 18 heavy (non-hydrogen) atoms. The molecule has 5 nitrogen and oxygen atoms in total. The van der Waals surface area contributed by atoms with Crippen molar-refractivity contribution in [2.24, 2.45) is 7.05 Å². The number of nitrogens with zero attached hydrogens (tertiary/aromatic N) is 2. The molecule has 2 N–H and O–H groups in total. The number of aryl methyl sites for hydroxylation is 1. The number of aliphatic hydroxyl groups excluding tert-OH is 1. The summed E-state index contributed by atoms with van der Waals surface area (Å²) in [6.07, 6.45) is 2.10. The Morgan fingerprint density at radius 3 is 3.00 bits per heavy atom. The number of aromatic nitrogens is 2. The molecule has 0 aliphatic rings. The van der Waals surface area contributed by atoms with Gasteiger partial charge in [0.1, 0.15) is 0 Å². The Hall–Kier alpha value is -1.88. The lowest BCUT2D eigenvalue weighted by Gasteiger charge is -2.10. The maximum absolute atomic E-state index is 10.4. The molecule has 1 aromatic carbocycles. The summed E-state index contributed by atoms with van der Waals surface area (Å²) in [5.74, 6) is -0.831. The van der Waals surface area contributed by atoms with Crippen molar-refractivity contribution in [2.45, 2.75) is 25.4 Å². The summed E-state index contributed by atoms with van der Waals surface area (Å²) in [5.41, 5.74) is 2.63. The van der Waals surface area contributed by atoms with E-state index >= 15 is 0 Å². The standard InChI is InChI=1S/C13H16N2O3/c1-15-8-14-10-7-9(5-6-11(10)15)12(16)3-2-4-13(17)18/h5-8,12,16H,2-4H2,1H3,(H,17,18). The van der Waals surface area contributed by atoms with E-state index in [4.69, 9.17) is 5.11 Å². The highest BCUT2D eigenvalue weighted by molar-refractivity contribution is 5.76. The number of aliphatic hydroxyl groups is 1. The van der Waals surface area contributed by atoms with Crippen LogP contribution in [0.15, 0.2) is 24.5 Å². The number of imidazole rings is 1. The third kappa shape index (κ3) is 2.68. The minimum Gasteiger partial charge on any atom is -0.481 e. The SMILES string of the molecule is Cn1cnc2cc(C(O)CCCC(=O)O)ccc21. The largest absolute Gasteiger partial charge is 0.481 e. The average molecular weight is 248 g/mol. The maximum Gasteiger partial charge on any atom is 0.303 e. The van der Waals surface area contributed by atoms with E-state index in [2.05, 4.69) is 4.98 Å². The van der Waals surface area contributed by atoms with Crippen LogP contribution in [0.25, 0.3) is 11.0 Å². The zero-order chi connectivity index (χ0) is 13.1. The predicted octanol–water partition coefficient (Wildman–Crippen LogP) is 1.86. The molecular weight excluding hydrogens is 232 g/mol. The van der Waals surface area contributed by atoms with Crippen molar-refractivity contribution in [2.75, 3.05) is 0 Å². The molecule has 0 saturated carbocycles. The van der Waals surface area contributed by atoms with Gasteiger partial charge < -0.3 is 14.8 Å². The molecule has 5 heteroatoms. The first-order valence-electron chi connectivity index (χ1n) is 5.89. The summed E-state index contributed by atoms with van der Waals surface area (Å²) >= 11 is 0. The van der Waals surface area contributed by atoms with E-state index in [1.54, 1.807) is 6.33 Å². The van der Waals surface area contributed by atoms with Crippen LogP contribution in [0.4, 0.5) is 0 Å². The maximum atomic E-state index is 10.4. The highest BCUT2D eigenvalue weighted by Crippen LogP contribution is 2.22. The smallest absolute Gasteiger partial charge is 0.303 e. The van der Waals surface area contributed by atoms with Crippen LogP contribution in [0.5, 0.6) is 0 Å². The molecule has 0 amide bonds. The Balaban J connectivity index is 2.08. The van der Waals surface area contributed by atoms with Crippen LogP contribution in [0.1, 0.15) is 30.9 Å². The molecule has 0 bridgehead atoms. The normalized spacial score (nSPS) is 12.8. The van der Waals surface area contributed by atoms with Gasteiger partial charge in [-0.2, -0.15) is 0 Å². The lowest BCUT2D eigenvalue weighted by Crippen LogP contribution is -2.00. The minimum absolute atomic E-state index is 0.0862. The first-order chi connectivity index (χ1) is 8.58. The highest BCUT2D eigenvalue weighted by atomic mass is 16.4. The van der Waals surface area contributed by atoms with Crippen LogP contribution in [0.2, 0.25) is 0 Å². The number of carboxylic acid groups (broad SMARTS) is 1. The Kier molecular flexibility index (Phi) is 3.62. The van der Waals surface area contributed by atoms with Crippen molar-refractivity contribution in [1.82, 2.24) is 9.55 Å². The third-order valence-corrected chi connectivity index (χ3v) is 3.00. The van der Waals surface area contributed by atoms with Crippen LogP contribution in [0.3, 0.4) is 0 Å².